The van der Waals surface area contributed by atoms with Gasteiger partial charge in [-0.05, 0) is 48.9 Å². The summed E-state index contributed by atoms with van der Waals surface area (Å²) >= 11 is 0. The van der Waals surface area contributed by atoms with Crippen LogP contribution >= 0.6 is 0 Å². The molecule has 100 valence electrons. The van der Waals surface area contributed by atoms with E-state index in [0.29, 0.717) is 11.4 Å². The first-order valence-electron chi connectivity index (χ1n) is 5.67. The van der Waals surface area contributed by atoms with Crippen LogP contribution < -0.4 is 11.1 Å². The van der Waals surface area contributed by atoms with E-state index in [2.05, 4.69) is 5.32 Å². The molecule has 0 unspecified atom stereocenters. The standard InChI is InChI=1S/C14H13F3N2/c1-9-12(18)3-2-4-13(9)19-11-7-5-10(6-8-11)14(15,16)17/h2-8,19H,18H2,1H3. The third-order valence-electron chi connectivity index (χ3n) is 2.87. The van der Waals surface area contributed by atoms with Gasteiger partial charge in [-0.3, -0.25) is 0 Å². The molecule has 0 amide bonds. The van der Waals surface area contributed by atoms with Crippen molar-refractivity contribution in [2.75, 3.05) is 11.1 Å². The Kier molecular flexibility index (Phi) is 3.38. The van der Waals surface area contributed by atoms with Gasteiger partial charge in [-0.25, -0.2) is 0 Å². The lowest BCUT2D eigenvalue weighted by Gasteiger charge is -2.12. The van der Waals surface area contributed by atoms with Crippen molar-refractivity contribution < 1.29 is 13.2 Å². The van der Waals surface area contributed by atoms with Crippen molar-refractivity contribution in [3.8, 4) is 0 Å². The third-order valence-corrected chi connectivity index (χ3v) is 2.87. The molecule has 0 fully saturated rings. The Bertz CT molecular complexity index is 574. The van der Waals surface area contributed by atoms with Crippen molar-refractivity contribution in [3.05, 3.63) is 53.6 Å². The summed E-state index contributed by atoms with van der Waals surface area (Å²) < 4.78 is 37.3. The molecule has 0 bridgehead atoms. The van der Waals surface area contributed by atoms with Gasteiger partial charge in [-0.15, -0.1) is 0 Å². The summed E-state index contributed by atoms with van der Waals surface area (Å²) in [5.74, 6) is 0. The van der Waals surface area contributed by atoms with E-state index in [1.54, 1.807) is 12.1 Å². The molecule has 2 rings (SSSR count). The first-order chi connectivity index (χ1) is 8.88. The number of rotatable bonds is 2. The quantitative estimate of drug-likeness (QED) is 0.793. The van der Waals surface area contributed by atoms with E-state index >= 15 is 0 Å². The van der Waals surface area contributed by atoms with Crippen LogP contribution in [0.5, 0.6) is 0 Å². The predicted octanol–water partition coefficient (Wildman–Crippen LogP) is 4.34. The molecule has 0 spiro atoms. The van der Waals surface area contributed by atoms with Gasteiger partial charge in [0.25, 0.3) is 0 Å². The van der Waals surface area contributed by atoms with Gasteiger partial charge in [0.1, 0.15) is 0 Å². The van der Waals surface area contributed by atoms with Crippen LogP contribution in [-0.2, 0) is 6.18 Å². The molecule has 2 aromatic rings. The minimum Gasteiger partial charge on any atom is -0.398 e. The van der Waals surface area contributed by atoms with Crippen LogP contribution in [0.4, 0.5) is 30.2 Å². The SMILES string of the molecule is Cc1c(N)cccc1Nc1ccc(C(F)(F)F)cc1. The van der Waals surface area contributed by atoms with Crippen LogP contribution in [0.25, 0.3) is 0 Å². The Morgan fingerprint density at radius 1 is 1.00 bits per heavy atom. The van der Waals surface area contributed by atoms with Crippen LogP contribution in [0.3, 0.4) is 0 Å². The number of nitrogens with one attached hydrogen (secondary N) is 1. The zero-order valence-electron chi connectivity index (χ0n) is 10.3. The summed E-state index contributed by atoms with van der Waals surface area (Å²) in [5, 5.41) is 3.04. The van der Waals surface area contributed by atoms with E-state index in [0.717, 1.165) is 23.4 Å². The maximum absolute atomic E-state index is 12.4. The molecule has 0 heterocycles. The number of hydrogen-bond acceptors (Lipinski definition) is 2. The highest BCUT2D eigenvalue weighted by atomic mass is 19.4. The van der Waals surface area contributed by atoms with E-state index in [-0.39, 0.29) is 0 Å². The molecule has 3 N–H and O–H groups in total. The minimum atomic E-state index is -4.31. The van der Waals surface area contributed by atoms with E-state index in [9.17, 15) is 13.2 Å². The topological polar surface area (TPSA) is 38.0 Å². The third kappa shape index (κ3) is 2.99. The van der Waals surface area contributed by atoms with Crippen LogP contribution in [0, 0.1) is 6.92 Å². The molecule has 0 aliphatic rings. The maximum atomic E-state index is 12.4. The Labute approximate surface area is 109 Å². The molecule has 5 heteroatoms. The molecule has 0 aliphatic carbocycles. The minimum absolute atomic E-state index is 0.585. The number of halogens is 3. The van der Waals surface area contributed by atoms with Crippen molar-refractivity contribution in [3.63, 3.8) is 0 Å². The number of alkyl halides is 3. The Morgan fingerprint density at radius 3 is 2.21 bits per heavy atom. The zero-order chi connectivity index (χ0) is 14.0. The number of nitrogen functional groups attached to an aromatic ring is 1. The van der Waals surface area contributed by atoms with Gasteiger partial charge < -0.3 is 11.1 Å². The van der Waals surface area contributed by atoms with E-state index in [4.69, 9.17) is 5.73 Å². The Morgan fingerprint density at radius 2 is 1.63 bits per heavy atom. The largest absolute Gasteiger partial charge is 0.416 e. The van der Waals surface area contributed by atoms with Gasteiger partial charge in [0, 0.05) is 17.1 Å². The summed E-state index contributed by atoms with van der Waals surface area (Å²) in [4.78, 5) is 0. The summed E-state index contributed by atoms with van der Waals surface area (Å²) in [6.07, 6.45) is -4.31. The highest BCUT2D eigenvalue weighted by Crippen LogP contribution is 2.31. The molecular formula is C14H13F3N2. The lowest BCUT2D eigenvalue weighted by Crippen LogP contribution is -2.04. The van der Waals surface area contributed by atoms with E-state index in [1.165, 1.54) is 12.1 Å². The van der Waals surface area contributed by atoms with Crippen LogP contribution in [0.15, 0.2) is 42.5 Å². The van der Waals surface area contributed by atoms with Crippen molar-refractivity contribution in [2.24, 2.45) is 0 Å². The summed E-state index contributed by atoms with van der Waals surface area (Å²) in [6.45, 7) is 1.85. The van der Waals surface area contributed by atoms with E-state index in [1.807, 2.05) is 13.0 Å². The zero-order valence-corrected chi connectivity index (χ0v) is 10.3. The molecule has 2 nitrogen and oxygen atoms in total. The second kappa shape index (κ2) is 4.84. The molecule has 0 saturated heterocycles. The normalized spacial score (nSPS) is 11.4. The average Bonchev–Trinajstić information content (AvgIpc) is 2.35. The lowest BCUT2D eigenvalue weighted by molar-refractivity contribution is -0.137. The average molecular weight is 266 g/mol. The number of anilines is 3. The lowest BCUT2D eigenvalue weighted by atomic mass is 10.1. The van der Waals surface area contributed by atoms with Gasteiger partial charge in [0.2, 0.25) is 0 Å². The second-order valence-electron chi connectivity index (χ2n) is 4.22. The summed E-state index contributed by atoms with van der Waals surface area (Å²) in [7, 11) is 0. The van der Waals surface area contributed by atoms with Crippen molar-refractivity contribution in [2.45, 2.75) is 13.1 Å². The fourth-order valence-electron chi connectivity index (χ4n) is 1.69. The highest BCUT2D eigenvalue weighted by molar-refractivity contribution is 5.69. The van der Waals surface area contributed by atoms with Crippen molar-refractivity contribution in [1.82, 2.24) is 0 Å². The highest BCUT2D eigenvalue weighted by Gasteiger charge is 2.29. The van der Waals surface area contributed by atoms with Gasteiger partial charge in [0.15, 0.2) is 0 Å². The fraction of sp³-hybridized carbons (Fsp3) is 0.143. The van der Waals surface area contributed by atoms with Gasteiger partial charge in [-0.1, -0.05) is 6.07 Å². The maximum Gasteiger partial charge on any atom is 0.416 e. The van der Waals surface area contributed by atoms with Gasteiger partial charge in [0.05, 0.1) is 5.56 Å². The monoisotopic (exact) mass is 266 g/mol. The molecule has 0 aromatic heterocycles. The second-order valence-corrected chi connectivity index (χ2v) is 4.22. The molecular weight excluding hydrogens is 253 g/mol. The van der Waals surface area contributed by atoms with Crippen molar-refractivity contribution >= 4 is 17.1 Å². The van der Waals surface area contributed by atoms with Crippen LogP contribution in [0.2, 0.25) is 0 Å². The molecule has 0 atom stereocenters. The van der Waals surface area contributed by atoms with Crippen LogP contribution in [-0.4, -0.2) is 0 Å². The fourth-order valence-corrected chi connectivity index (χ4v) is 1.69. The molecule has 0 radical (unpaired) electrons. The Hall–Kier alpha value is -2.17. The Balaban J connectivity index is 2.23. The predicted molar refractivity (Wildman–Crippen MR) is 70.3 cm³/mol. The summed E-state index contributed by atoms with van der Waals surface area (Å²) in [5.41, 5.74) is 7.96. The molecule has 19 heavy (non-hydrogen) atoms. The number of hydrogen-bond donors (Lipinski definition) is 2. The summed E-state index contributed by atoms with van der Waals surface area (Å²) in [6, 6.07) is 10.3. The van der Waals surface area contributed by atoms with Crippen LogP contribution in [0.1, 0.15) is 11.1 Å². The first-order valence-corrected chi connectivity index (χ1v) is 5.67. The molecule has 0 saturated carbocycles. The molecule has 2 aromatic carbocycles. The number of benzene rings is 2. The smallest absolute Gasteiger partial charge is 0.398 e. The van der Waals surface area contributed by atoms with E-state index < -0.39 is 11.7 Å². The van der Waals surface area contributed by atoms with Gasteiger partial charge in [-0.2, -0.15) is 13.2 Å². The van der Waals surface area contributed by atoms with Crippen molar-refractivity contribution in [1.29, 1.82) is 0 Å². The van der Waals surface area contributed by atoms with Gasteiger partial charge >= 0.3 is 6.18 Å². The molecule has 0 aliphatic heterocycles. The first kappa shape index (κ1) is 13.3. The number of nitrogens with two attached hydrogens (primary N) is 1.